The number of Topliss-reactive ketones (excluding diaryl/α,β-unsaturated/α-hetero) is 1. The van der Waals surface area contributed by atoms with E-state index in [4.69, 9.17) is 37.4 Å². The lowest BCUT2D eigenvalue weighted by molar-refractivity contribution is -0.114. The zero-order valence-corrected chi connectivity index (χ0v) is 25.5. The molecule has 0 aliphatic rings. The van der Waals surface area contributed by atoms with E-state index in [1.807, 2.05) is 6.07 Å². The van der Waals surface area contributed by atoms with Gasteiger partial charge >= 0.3 is 5.97 Å². The van der Waals surface area contributed by atoms with Crippen molar-refractivity contribution in [1.29, 1.82) is 10.5 Å². The average Bonchev–Trinajstić information content (AvgIpc) is 3.21. The zero-order valence-electron chi connectivity index (χ0n) is 21.1. The minimum absolute atomic E-state index is 0.109. The normalized spacial score (nSPS) is 10.9. The molecule has 0 atom stereocenters. The van der Waals surface area contributed by atoms with Gasteiger partial charge in [0.2, 0.25) is 0 Å². The SMILES string of the molecule is CCOC(=O)c1sc(CC(=O)/C(C#N)=C/c2cc(I)c(OCc3ccc(Cl)cc3Cl)c(OC)c2)c(C#N)c1C. The topological polar surface area (TPSA) is 109 Å². The maximum absolute atomic E-state index is 13.1. The Bertz CT molecular complexity index is 1550. The summed E-state index contributed by atoms with van der Waals surface area (Å²) in [6, 6.07) is 12.5. The highest BCUT2D eigenvalue weighted by atomic mass is 127. The van der Waals surface area contributed by atoms with Crippen molar-refractivity contribution in [1.82, 2.24) is 0 Å². The van der Waals surface area contributed by atoms with Crippen LogP contribution in [0.15, 0.2) is 35.9 Å². The molecule has 11 heteroatoms. The number of carbonyl (C=O) groups excluding carboxylic acids is 2. The number of nitrogens with zero attached hydrogens (tertiary/aromatic N) is 2. The van der Waals surface area contributed by atoms with E-state index in [-0.39, 0.29) is 35.6 Å². The second-order valence-electron chi connectivity index (χ2n) is 8.01. The minimum Gasteiger partial charge on any atom is -0.493 e. The van der Waals surface area contributed by atoms with Gasteiger partial charge in [0.1, 0.15) is 23.6 Å². The van der Waals surface area contributed by atoms with Crippen LogP contribution in [-0.4, -0.2) is 25.5 Å². The van der Waals surface area contributed by atoms with Crippen molar-refractivity contribution in [3.05, 3.63) is 81.5 Å². The van der Waals surface area contributed by atoms with Gasteiger partial charge in [-0.25, -0.2) is 4.79 Å². The smallest absolute Gasteiger partial charge is 0.348 e. The van der Waals surface area contributed by atoms with Gasteiger partial charge in [-0.2, -0.15) is 10.5 Å². The lowest BCUT2D eigenvalue weighted by atomic mass is 10.0. The second-order valence-corrected chi connectivity index (χ2v) is 11.1. The number of allylic oxidation sites excluding steroid dienone is 1. The molecule has 0 bridgehead atoms. The lowest BCUT2D eigenvalue weighted by Crippen LogP contribution is -2.05. The predicted octanol–water partition coefficient (Wildman–Crippen LogP) is 7.32. The molecule has 7 nitrogen and oxygen atoms in total. The van der Waals surface area contributed by atoms with Gasteiger partial charge in [-0.1, -0.05) is 29.3 Å². The Kier molecular flexibility index (Phi) is 10.8. The fraction of sp³-hybridized carbons (Fsp3) is 0.214. The fourth-order valence-electron chi connectivity index (χ4n) is 3.57. The molecular formula is C28H21Cl2IN2O5S. The molecular weight excluding hydrogens is 674 g/mol. The van der Waals surface area contributed by atoms with Crippen LogP contribution < -0.4 is 9.47 Å². The Morgan fingerprint density at radius 1 is 1.18 bits per heavy atom. The summed E-state index contributed by atoms with van der Waals surface area (Å²) in [6.07, 6.45) is 1.25. The standard InChI is InChI=1S/C28H21Cl2IN2O5S/c1-4-37-28(35)27-15(2)20(13-33)25(39-27)11-23(34)18(12-32)7-16-8-22(31)26(24(9-16)36-3)38-14-17-5-6-19(29)10-21(17)30/h5-10H,4,11,14H2,1-3H3/b18-7+. The maximum atomic E-state index is 13.1. The van der Waals surface area contributed by atoms with Crippen LogP contribution in [0.4, 0.5) is 0 Å². The summed E-state index contributed by atoms with van der Waals surface area (Å²) in [7, 11) is 1.49. The molecule has 3 rings (SSSR count). The first kappa shape index (κ1) is 30.5. The number of thiophene rings is 1. The van der Waals surface area contributed by atoms with E-state index in [0.29, 0.717) is 41.1 Å². The molecule has 39 heavy (non-hydrogen) atoms. The van der Waals surface area contributed by atoms with E-state index < -0.39 is 11.8 Å². The monoisotopic (exact) mass is 694 g/mol. The molecule has 1 heterocycles. The summed E-state index contributed by atoms with van der Waals surface area (Å²) in [6.45, 7) is 3.68. The number of esters is 1. The third-order valence-electron chi connectivity index (χ3n) is 5.48. The number of ether oxygens (including phenoxy) is 3. The average molecular weight is 695 g/mol. The summed E-state index contributed by atoms with van der Waals surface area (Å²) in [4.78, 5) is 26.0. The van der Waals surface area contributed by atoms with Gasteiger partial charge in [0.25, 0.3) is 0 Å². The second kappa shape index (κ2) is 13.8. The van der Waals surface area contributed by atoms with Gasteiger partial charge in [0.05, 0.1) is 28.4 Å². The molecule has 2 aromatic carbocycles. The summed E-state index contributed by atoms with van der Waals surface area (Å²) < 4.78 is 17.2. The van der Waals surface area contributed by atoms with Crippen LogP contribution in [0.5, 0.6) is 11.5 Å². The summed E-state index contributed by atoms with van der Waals surface area (Å²) in [5, 5.41) is 20.3. The van der Waals surface area contributed by atoms with Gasteiger partial charge in [-0.3, -0.25) is 4.79 Å². The summed E-state index contributed by atoms with van der Waals surface area (Å²) in [5.41, 5.74) is 1.88. The molecule has 0 aliphatic carbocycles. The first-order chi connectivity index (χ1) is 18.6. The molecule has 0 saturated heterocycles. The quantitative estimate of drug-likeness (QED) is 0.0947. The summed E-state index contributed by atoms with van der Waals surface area (Å²) >= 11 is 15.3. The molecule has 0 radical (unpaired) electrons. The van der Waals surface area contributed by atoms with Crippen molar-refractivity contribution in [3.63, 3.8) is 0 Å². The highest BCUT2D eigenvalue weighted by Gasteiger charge is 2.23. The Morgan fingerprint density at radius 2 is 1.92 bits per heavy atom. The van der Waals surface area contributed by atoms with E-state index in [1.54, 1.807) is 44.2 Å². The molecule has 0 fully saturated rings. The highest BCUT2D eigenvalue weighted by Crippen LogP contribution is 2.36. The largest absolute Gasteiger partial charge is 0.493 e. The van der Waals surface area contributed by atoms with Crippen LogP contribution in [0, 0.1) is 33.2 Å². The van der Waals surface area contributed by atoms with Gasteiger partial charge in [0, 0.05) is 26.9 Å². The Balaban J connectivity index is 1.86. The van der Waals surface area contributed by atoms with Crippen molar-refractivity contribution in [2.75, 3.05) is 13.7 Å². The molecule has 0 N–H and O–H groups in total. The first-order valence-electron chi connectivity index (χ1n) is 11.4. The van der Waals surface area contributed by atoms with Crippen molar-refractivity contribution >= 4 is 75.0 Å². The van der Waals surface area contributed by atoms with Crippen LogP contribution >= 0.6 is 57.1 Å². The lowest BCUT2D eigenvalue weighted by Gasteiger charge is -2.14. The van der Waals surface area contributed by atoms with Crippen LogP contribution in [0.2, 0.25) is 10.0 Å². The van der Waals surface area contributed by atoms with Gasteiger partial charge in [-0.15, -0.1) is 11.3 Å². The van der Waals surface area contributed by atoms with Crippen molar-refractivity contribution in [3.8, 4) is 23.6 Å². The number of halogens is 3. The van der Waals surface area contributed by atoms with E-state index in [2.05, 4.69) is 28.7 Å². The number of rotatable bonds is 10. The number of nitriles is 2. The Morgan fingerprint density at radius 3 is 2.54 bits per heavy atom. The molecule has 0 amide bonds. The number of methoxy groups -OCH3 is 1. The fourth-order valence-corrected chi connectivity index (χ4v) is 5.96. The number of ketones is 1. The Hall–Kier alpha value is -3.09. The maximum Gasteiger partial charge on any atom is 0.348 e. The van der Waals surface area contributed by atoms with Crippen molar-refractivity contribution in [2.45, 2.75) is 26.9 Å². The van der Waals surface area contributed by atoms with Gasteiger partial charge in [0.15, 0.2) is 17.3 Å². The number of hydrogen-bond acceptors (Lipinski definition) is 8. The van der Waals surface area contributed by atoms with E-state index in [0.717, 1.165) is 16.9 Å². The Labute approximate surface area is 253 Å². The van der Waals surface area contributed by atoms with E-state index in [1.165, 1.54) is 13.2 Å². The van der Waals surface area contributed by atoms with Crippen molar-refractivity contribution in [2.24, 2.45) is 0 Å². The van der Waals surface area contributed by atoms with E-state index >= 15 is 0 Å². The molecule has 0 unspecified atom stereocenters. The first-order valence-corrected chi connectivity index (χ1v) is 14.1. The third kappa shape index (κ3) is 7.31. The predicted molar refractivity (Wildman–Crippen MR) is 159 cm³/mol. The molecule has 1 aromatic heterocycles. The van der Waals surface area contributed by atoms with Crippen molar-refractivity contribution < 1.29 is 23.8 Å². The van der Waals surface area contributed by atoms with Crippen LogP contribution in [0.1, 0.15) is 43.7 Å². The summed E-state index contributed by atoms with van der Waals surface area (Å²) in [5.74, 6) is -0.154. The molecule has 0 spiro atoms. The van der Waals surface area contributed by atoms with Crippen LogP contribution in [-0.2, 0) is 22.6 Å². The van der Waals surface area contributed by atoms with Gasteiger partial charge < -0.3 is 14.2 Å². The van der Waals surface area contributed by atoms with Crippen LogP contribution in [0.3, 0.4) is 0 Å². The molecule has 200 valence electrons. The third-order valence-corrected chi connectivity index (χ3v) is 8.14. The van der Waals surface area contributed by atoms with E-state index in [9.17, 15) is 20.1 Å². The molecule has 0 aliphatic heterocycles. The minimum atomic E-state index is -0.548. The molecule has 3 aromatic rings. The van der Waals surface area contributed by atoms with Crippen LogP contribution in [0.25, 0.3) is 6.08 Å². The highest BCUT2D eigenvalue weighted by molar-refractivity contribution is 14.1. The number of hydrogen-bond donors (Lipinski definition) is 0. The molecule has 0 saturated carbocycles. The zero-order chi connectivity index (χ0) is 28.7. The number of benzene rings is 2. The number of carbonyl (C=O) groups is 2. The van der Waals surface area contributed by atoms with Gasteiger partial charge in [-0.05, 0) is 77.9 Å².